The first-order valence-corrected chi connectivity index (χ1v) is 9.86. The number of carbonyl (C=O) groups excluding carboxylic acids is 2. The molecule has 2 unspecified atom stereocenters. The second-order valence-corrected chi connectivity index (χ2v) is 7.61. The fourth-order valence-electron chi connectivity index (χ4n) is 4.07. The predicted octanol–water partition coefficient (Wildman–Crippen LogP) is 1.06. The van der Waals surface area contributed by atoms with Crippen LogP contribution in [0.5, 0.6) is 11.5 Å². The van der Waals surface area contributed by atoms with E-state index in [1.54, 1.807) is 0 Å². The van der Waals surface area contributed by atoms with Crippen molar-refractivity contribution in [3.8, 4) is 11.5 Å². The lowest BCUT2D eigenvalue weighted by Crippen LogP contribution is -2.47. The summed E-state index contributed by atoms with van der Waals surface area (Å²) in [4.78, 5) is 26.8. The highest BCUT2D eigenvalue weighted by Gasteiger charge is 2.26. The first-order chi connectivity index (χ1) is 13.2. The van der Waals surface area contributed by atoms with Gasteiger partial charge in [0.25, 0.3) is 0 Å². The van der Waals surface area contributed by atoms with E-state index < -0.39 is 0 Å². The highest BCUT2D eigenvalue weighted by Crippen LogP contribution is 2.32. The van der Waals surface area contributed by atoms with Gasteiger partial charge in [-0.25, -0.2) is 0 Å². The first-order valence-electron chi connectivity index (χ1n) is 9.86. The molecule has 2 saturated heterocycles. The molecular formula is C20H27N3O4. The minimum Gasteiger partial charge on any atom is -0.454 e. The van der Waals surface area contributed by atoms with E-state index in [2.05, 4.69) is 10.6 Å². The number of hydrogen-bond donors (Lipinski definition) is 2. The van der Waals surface area contributed by atoms with Crippen molar-refractivity contribution in [3.05, 3.63) is 23.8 Å². The molecule has 7 heteroatoms. The Morgan fingerprint density at radius 3 is 2.93 bits per heavy atom. The lowest BCUT2D eigenvalue weighted by molar-refractivity contribution is -0.132. The molecule has 0 radical (unpaired) electrons. The Bertz CT molecular complexity index is 702. The molecule has 2 fully saturated rings. The largest absolute Gasteiger partial charge is 0.454 e. The van der Waals surface area contributed by atoms with E-state index in [9.17, 15) is 9.59 Å². The van der Waals surface area contributed by atoms with Crippen LogP contribution in [-0.2, 0) is 16.0 Å². The van der Waals surface area contributed by atoms with Crippen LogP contribution in [0.4, 0.5) is 0 Å². The Labute approximate surface area is 159 Å². The van der Waals surface area contributed by atoms with Crippen LogP contribution in [0.3, 0.4) is 0 Å². The van der Waals surface area contributed by atoms with Gasteiger partial charge in [-0.05, 0) is 55.8 Å². The van der Waals surface area contributed by atoms with Crippen molar-refractivity contribution >= 4 is 11.8 Å². The molecule has 7 nitrogen and oxygen atoms in total. The van der Waals surface area contributed by atoms with Crippen molar-refractivity contribution in [2.45, 2.75) is 38.1 Å². The van der Waals surface area contributed by atoms with Crippen molar-refractivity contribution in [3.63, 3.8) is 0 Å². The fourth-order valence-corrected chi connectivity index (χ4v) is 4.07. The Balaban J connectivity index is 1.27. The van der Waals surface area contributed by atoms with E-state index in [0.29, 0.717) is 31.2 Å². The number of rotatable bonds is 5. The van der Waals surface area contributed by atoms with Gasteiger partial charge in [0.1, 0.15) is 0 Å². The standard InChI is InChI=1S/C20H27N3O4/c24-19(10-14-5-6-17-18(9-14)27-13-26-17)23-8-2-3-15(12-23)11-22-20(25)16-4-1-7-21-16/h5-6,9,15-16,21H,1-4,7-8,10-13H2,(H,22,25). The highest BCUT2D eigenvalue weighted by molar-refractivity contribution is 5.82. The van der Waals surface area contributed by atoms with Gasteiger partial charge in [0, 0.05) is 19.6 Å². The third-order valence-electron chi connectivity index (χ3n) is 5.61. The molecule has 0 bridgehead atoms. The monoisotopic (exact) mass is 373 g/mol. The highest BCUT2D eigenvalue weighted by atomic mass is 16.7. The summed E-state index contributed by atoms with van der Waals surface area (Å²) in [5.41, 5.74) is 0.937. The molecule has 3 aliphatic rings. The van der Waals surface area contributed by atoms with Gasteiger partial charge >= 0.3 is 0 Å². The van der Waals surface area contributed by atoms with E-state index in [4.69, 9.17) is 9.47 Å². The number of amides is 2. The van der Waals surface area contributed by atoms with E-state index in [0.717, 1.165) is 50.1 Å². The van der Waals surface area contributed by atoms with Crippen molar-refractivity contribution in [1.29, 1.82) is 0 Å². The number of benzene rings is 1. The fraction of sp³-hybridized carbons (Fsp3) is 0.600. The number of nitrogens with zero attached hydrogens (tertiary/aromatic N) is 1. The van der Waals surface area contributed by atoms with Crippen LogP contribution in [0, 0.1) is 5.92 Å². The molecular weight excluding hydrogens is 346 g/mol. The summed E-state index contributed by atoms with van der Waals surface area (Å²) < 4.78 is 10.7. The average molecular weight is 373 g/mol. The molecule has 146 valence electrons. The maximum Gasteiger partial charge on any atom is 0.237 e. The molecule has 1 aromatic carbocycles. The van der Waals surface area contributed by atoms with E-state index in [-0.39, 0.29) is 24.6 Å². The summed E-state index contributed by atoms with van der Waals surface area (Å²) in [6.07, 6.45) is 4.36. The number of piperidine rings is 1. The van der Waals surface area contributed by atoms with Gasteiger partial charge in [-0.1, -0.05) is 6.07 Å². The summed E-state index contributed by atoms with van der Waals surface area (Å²) in [7, 11) is 0. The number of ether oxygens (including phenoxy) is 2. The summed E-state index contributed by atoms with van der Waals surface area (Å²) >= 11 is 0. The molecule has 1 aromatic rings. The molecule has 0 spiro atoms. The van der Waals surface area contributed by atoms with Crippen LogP contribution >= 0.6 is 0 Å². The van der Waals surface area contributed by atoms with Gasteiger partial charge in [0.2, 0.25) is 18.6 Å². The van der Waals surface area contributed by atoms with Crippen molar-refractivity contribution in [2.24, 2.45) is 5.92 Å². The number of fused-ring (bicyclic) bond motifs is 1. The molecule has 0 aromatic heterocycles. The Hall–Kier alpha value is -2.28. The van der Waals surface area contributed by atoms with Gasteiger partial charge in [0.05, 0.1) is 12.5 Å². The summed E-state index contributed by atoms with van der Waals surface area (Å²) in [6, 6.07) is 5.62. The molecule has 3 aliphatic heterocycles. The summed E-state index contributed by atoms with van der Waals surface area (Å²) in [5, 5.41) is 6.28. The van der Waals surface area contributed by atoms with Crippen LogP contribution in [0.1, 0.15) is 31.2 Å². The van der Waals surface area contributed by atoms with Crippen molar-refractivity contribution < 1.29 is 19.1 Å². The number of nitrogens with one attached hydrogen (secondary N) is 2. The Morgan fingerprint density at radius 2 is 2.07 bits per heavy atom. The first kappa shape index (κ1) is 18.1. The van der Waals surface area contributed by atoms with Gasteiger partial charge in [-0.2, -0.15) is 0 Å². The van der Waals surface area contributed by atoms with Gasteiger partial charge in [0.15, 0.2) is 11.5 Å². The van der Waals surface area contributed by atoms with Gasteiger partial charge in [-0.3, -0.25) is 9.59 Å². The van der Waals surface area contributed by atoms with Gasteiger partial charge < -0.3 is 25.0 Å². The van der Waals surface area contributed by atoms with Crippen LogP contribution in [0.15, 0.2) is 18.2 Å². The van der Waals surface area contributed by atoms with Crippen LogP contribution in [-0.4, -0.2) is 55.7 Å². The maximum absolute atomic E-state index is 12.7. The van der Waals surface area contributed by atoms with Crippen LogP contribution < -0.4 is 20.1 Å². The van der Waals surface area contributed by atoms with Crippen LogP contribution in [0.2, 0.25) is 0 Å². The maximum atomic E-state index is 12.7. The Kier molecular flexibility index (Phi) is 5.48. The molecule has 0 aliphatic carbocycles. The number of likely N-dealkylation sites (tertiary alicyclic amines) is 1. The van der Waals surface area contributed by atoms with Gasteiger partial charge in [-0.15, -0.1) is 0 Å². The zero-order valence-corrected chi connectivity index (χ0v) is 15.5. The quantitative estimate of drug-likeness (QED) is 0.807. The second-order valence-electron chi connectivity index (χ2n) is 7.61. The SMILES string of the molecule is O=C(NCC1CCCN(C(=O)Cc2ccc3c(c2)OCO3)C1)C1CCCN1. The zero-order valence-electron chi connectivity index (χ0n) is 15.5. The minimum atomic E-state index is -0.0441. The molecule has 3 heterocycles. The van der Waals surface area contributed by atoms with Crippen molar-refractivity contribution in [1.82, 2.24) is 15.5 Å². The van der Waals surface area contributed by atoms with E-state index >= 15 is 0 Å². The van der Waals surface area contributed by atoms with E-state index in [1.807, 2.05) is 23.1 Å². The molecule has 2 N–H and O–H groups in total. The zero-order chi connectivity index (χ0) is 18.6. The normalized spacial score (nSPS) is 24.1. The topological polar surface area (TPSA) is 79.9 Å². The average Bonchev–Trinajstić information content (AvgIpc) is 3.37. The molecule has 27 heavy (non-hydrogen) atoms. The smallest absolute Gasteiger partial charge is 0.237 e. The Morgan fingerprint density at radius 1 is 1.19 bits per heavy atom. The summed E-state index contributed by atoms with van der Waals surface area (Å²) in [5.74, 6) is 1.99. The van der Waals surface area contributed by atoms with E-state index in [1.165, 1.54) is 0 Å². The third-order valence-corrected chi connectivity index (χ3v) is 5.61. The molecule has 2 amide bonds. The lowest BCUT2D eigenvalue weighted by atomic mass is 9.97. The third kappa shape index (κ3) is 4.35. The number of hydrogen-bond acceptors (Lipinski definition) is 5. The number of carbonyl (C=O) groups is 2. The van der Waals surface area contributed by atoms with Crippen molar-refractivity contribution in [2.75, 3.05) is 33.0 Å². The predicted molar refractivity (Wildman–Crippen MR) is 99.6 cm³/mol. The molecule has 2 atom stereocenters. The molecule has 4 rings (SSSR count). The van der Waals surface area contributed by atoms with Crippen LogP contribution in [0.25, 0.3) is 0 Å². The second kappa shape index (κ2) is 8.17. The minimum absolute atomic E-state index is 0.0441. The summed E-state index contributed by atoms with van der Waals surface area (Å²) in [6.45, 7) is 3.30. The lowest BCUT2D eigenvalue weighted by Gasteiger charge is -2.33. The molecule has 0 saturated carbocycles.